The van der Waals surface area contributed by atoms with Crippen LogP contribution in [-0.2, 0) is 0 Å². The second-order valence-corrected chi connectivity index (χ2v) is 5.77. The molecule has 1 saturated heterocycles. The molecular formula is C19H23N3O. The van der Waals surface area contributed by atoms with Gasteiger partial charge in [-0.05, 0) is 24.6 Å². The van der Waals surface area contributed by atoms with Crippen LogP contribution in [0.25, 0.3) is 0 Å². The third-order valence-electron chi connectivity index (χ3n) is 4.13. The molecule has 0 aromatic heterocycles. The second-order valence-electron chi connectivity index (χ2n) is 5.77. The van der Waals surface area contributed by atoms with Gasteiger partial charge in [-0.25, -0.2) is 0 Å². The lowest BCUT2D eigenvalue weighted by atomic mass is 10.2. The lowest BCUT2D eigenvalue weighted by Crippen LogP contribution is -2.44. The molecule has 0 aliphatic carbocycles. The average molecular weight is 309 g/mol. The Bertz CT molecular complexity index is 659. The summed E-state index contributed by atoms with van der Waals surface area (Å²) in [7, 11) is 1.72. The number of anilines is 1. The Hall–Kier alpha value is -2.49. The van der Waals surface area contributed by atoms with Gasteiger partial charge >= 0.3 is 0 Å². The van der Waals surface area contributed by atoms with E-state index in [2.05, 4.69) is 58.3 Å². The topological polar surface area (TPSA) is 28.1 Å². The summed E-state index contributed by atoms with van der Waals surface area (Å²) in [5.41, 5.74) is 3.58. The first-order valence-corrected chi connectivity index (χ1v) is 8.00. The fourth-order valence-electron chi connectivity index (χ4n) is 2.74. The van der Waals surface area contributed by atoms with Crippen molar-refractivity contribution in [2.75, 3.05) is 38.2 Å². The van der Waals surface area contributed by atoms with Gasteiger partial charge in [-0.15, -0.1) is 0 Å². The van der Waals surface area contributed by atoms with Gasteiger partial charge in [-0.3, -0.25) is 5.01 Å². The molecule has 0 saturated carbocycles. The zero-order chi connectivity index (χ0) is 16.1. The fraction of sp³-hybridized carbons (Fsp3) is 0.316. The highest BCUT2D eigenvalue weighted by molar-refractivity contribution is 5.79. The van der Waals surface area contributed by atoms with Crippen molar-refractivity contribution in [2.24, 2.45) is 5.10 Å². The summed E-state index contributed by atoms with van der Waals surface area (Å²) in [4.78, 5) is 2.36. The predicted octanol–water partition coefficient (Wildman–Crippen LogP) is 3.16. The highest BCUT2D eigenvalue weighted by Crippen LogP contribution is 2.28. The molecule has 120 valence electrons. The van der Waals surface area contributed by atoms with Gasteiger partial charge < -0.3 is 9.64 Å². The molecule has 0 N–H and O–H groups in total. The second kappa shape index (κ2) is 7.18. The van der Waals surface area contributed by atoms with Crippen LogP contribution in [0.2, 0.25) is 0 Å². The first kappa shape index (κ1) is 15.4. The van der Waals surface area contributed by atoms with Gasteiger partial charge in [0.2, 0.25) is 0 Å². The minimum absolute atomic E-state index is 0.917. The number of hydrogen-bond acceptors (Lipinski definition) is 4. The summed E-state index contributed by atoms with van der Waals surface area (Å²) >= 11 is 0. The van der Waals surface area contributed by atoms with E-state index in [9.17, 15) is 0 Å². The number of hydrogen-bond donors (Lipinski definition) is 0. The Morgan fingerprint density at radius 3 is 2.35 bits per heavy atom. The number of ether oxygens (including phenoxy) is 1. The SMILES string of the molecule is COc1ccccc1N1CCN(N=Cc2ccc(C)cc2)CC1. The van der Waals surface area contributed by atoms with Crippen LogP contribution in [-0.4, -0.2) is 44.5 Å². The Balaban J connectivity index is 1.59. The van der Waals surface area contributed by atoms with E-state index < -0.39 is 0 Å². The molecule has 1 aliphatic rings. The van der Waals surface area contributed by atoms with Gasteiger partial charge in [0.15, 0.2) is 0 Å². The van der Waals surface area contributed by atoms with E-state index in [0.717, 1.165) is 43.2 Å². The van der Waals surface area contributed by atoms with E-state index in [-0.39, 0.29) is 0 Å². The molecule has 4 nitrogen and oxygen atoms in total. The number of methoxy groups -OCH3 is 1. The van der Waals surface area contributed by atoms with Crippen LogP contribution in [0.15, 0.2) is 53.6 Å². The van der Waals surface area contributed by atoms with Crippen molar-refractivity contribution in [3.05, 3.63) is 59.7 Å². The molecule has 0 spiro atoms. The van der Waals surface area contributed by atoms with Gasteiger partial charge in [0.05, 0.1) is 32.1 Å². The molecule has 0 amide bonds. The van der Waals surface area contributed by atoms with E-state index in [4.69, 9.17) is 4.74 Å². The van der Waals surface area contributed by atoms with Crippen LogP contribution in [0.4, 0.5) is 5.69 Å². The Kier molecular flexibility index (Phi) is 4.81. The molecular weight excluding hydrogens is 286 g/mol. The number of piperazine rings is 1. The van der Waals surface area contributed by atoms with Gasteiger partial charge in [0.25, 0.3) is 0 Å². The molecule has 3 rings (SSSR count). The van der Waals surface area contributed by atoms with Crippen LogP contribution in [0.1, 0.15) is 11.1 Å². The van der Waals surface area contributed by atoms with E-state index in [1.54, 1.807) is 7.11 Å². The quantitative estimate of drug-likeness (QED) is 0.812. The van der Waals surface area contributed by atoms with Gasteiger partial charge in [-0.1, -0.05) is 42.0 Å². The average Bonchev–Trinajstić information content (AvgIpc) is 2.62. The number of para-hydroxylation sites is 2. The van der Waals surface area contributed by atoms with Crippen molar-refractivity contribution in [1.29, 1.82) is 0 Å². The number of hydrazone groups is 1. The third-order valence-corrected chi connectivity index (χ3v) is 4.13. The van der Waals surface area contributed by atoms with Gasteiger partial charge in [0.1, 0.15) is 5.75 Å². The zero-order valence-corrected chi connectivity index (χ0v) is 13.8. The van der Waals surface area contributed by atoms with Crippen LogP contribution in [0.3, 0.4) is 0 Å². The maximum absolute atomic E-state index is 5.46. The minimum atomic E-state index is 0.917. The molecule has 2 aromatic carbocycles. The molecule has 1 aliphatic heterocycles. The summed E-state index contributed by atoms with van der Waals surface area (Å²) in [5, 5.41) is 6.73. The molecule has 23 heavy (non-hydrogen) atoms. The van der Waals surface area contributed by atoms with Gasteiger partial charge in [-0.2, -0.15) is 5.10 Å². The largest absolute Gasteiger partial charge is 0.495 e. The van der Waals surface area contributed by atoms with Crippen LogP contribution >= 0.6 is 0 Å². The van der Waals surface area contributed by atoms with Crippen LogP contribution < -0.4 is 9.64 Å². The van der Waals surface area contributed by atoms with Crippen molar-refractivity contribution in [1.82, 2.24) is 5.01 Å². The lowest BCUT2D eigenvalue weighted by molar-refractivity contribution is 0.271. The highest BCUT2D eigenvalue weighted by Gasteiger charge is 2.18. The Morgan fingerprint density at radius 2 is 1.65 bits per heavy atom. The number of nitrogens with zero attached hydrogens (tertiary/aromatic N) is 3. The number of aryl methyl sites for hydroxylation is 1. The molecule has 0 unspecified atom stereocenters. The van der Waals surface area contributed by atoms with Crippen LogP contribution in [0, 0.1) is 6.92 Å². The van der Waals surface area contributed by atoms with Crippen molar-refractivity contribution in [2.45, 2.75) is 6.92 Å². The number of rotatable bonds is 4. The fourth-order valence-corrected chi connectivity index (χ4v) is 2.74. The molecule has 0 radical (unpaired) electrons. The molecule has 0 bridgehead atoms. The smallest absolute Gasteiger partial charge is 0.142 e. The summed E-state index contributed by atoms with van der Waals surface area (Å²) in [5.74, 6) is 0.934. The Morgan fingerprint density at radius 1 is 0.957 bits per heavy atom. The third kappa shape index (κ3) is 3.83. The van der Waals surface area contributed by atoms with Crippen molar-refractivity contribution < 1.29 is 4.74 Å². The minimum Gasteiger partial charge on any atom is -0.495 e. The van der Waals surface area contributed by atoms with Crippen molar-refractivity contribution in [3.63, 3.8) is 0 Å². The highest BCUT2D eigenvalue weighted by atomic mass is 16.5. The normalized spacial score (nSPS) is 15.2. The summed E-state index contributed by atoms with van der Waals surface area (Å²) in [6.07, 6.45) is 1.94. The van der Waals surface area contributed by atoms with Crippen LogP contribution in [0.5, 0.6) is 5.75 Å². The van der Waals surface area contributed by atoms with Gasteiger partial charge in [0, 0.05) is 13.1 Å². The summed E-state index contributed by atoms with van der Waals surface area (Å²) in [6, 6.07) is 16.6. The summed E-state index contributed by atoms with van der Waals surface area (Å²) < 4.78 is 5.46. The molecule has 1 fully saturated rings. The maximum Gasteiger partial charge on any atom is 0.142 e. The van der Waals surface area contributed by atoms with E-state index in [0.29, 0.717) is 0 Å². The number of benzene rings is 2. The predicted molar refractivity (Wildman–Crippen MR) is 95.6 cm³/mol. The molecule has 1 heterocycles. The molecule has 4 heteroatoms. The first-order chi connectivity index (χ1) is 11.3. The van der Waals surface area contributed by atoms with E-state index >= 15 is 0 Å². The van der Waals surface area contributed by atoms with Crippen molar-refractivity contribution >= 4 is 11.9 Å². The van der Waals surface area contributed by atoms with E-state index in [1.807, 2.05) is 18.3 Å². The molecule has 0 atom stereocenters. The summed E-state index contributed by atoms with van der Waals surface area (Å²) in [6.45, 7) is 5.83. The Labute approximate surface area is 138 Å². The lowest BCUT2D eigenvalue weighted by Gasteiger charge is -2.35. The maximum atomic E-state index is 5.46. The zero-order valence-electron chi connectivity index (χ0n) is 13.8. The van der Waals surface area contributed by atoms with Crippen molar-refractivity contribution in [3.8, 4) is 5.75 Å². The first-order valence-electron chi connectivity index (χ1n) is 8.00. The monoisotopic (exact) mass is 309 g/mol. The standard InChI is InChI=1S/C19H23N3O/c1-16-7-9-17(10-8-16)15-20-22-13-11-21(12-14-22)18-5-3-4-6-19(18)23-2/h3-10,15H,11-14H2,1-2H3. The van der Waals surface area contributed by atoms with E-state index in [1.165, 1.54) is 5.56 Å². The molecule has 2 aromatic rings.